The summed E-state index contributed by atoms with van der Waals surface area (Å²) in [7, 11) is 0. The third kappa shape index (κ3) is 4.50. The summed E-state index contributed by atoms with van der Waals surface area (Å²) in [6, 6.07) is 21.1. The Morgan fingerprint density at radius 1 is 0.868 bits per heavy atom. The second-order valence-corrected chi connectivity index (χ2v) is 10.1. The van der Waals surface area contributed by atoms with Gasteiger partial charge in [-0.15, -0.1) is 0 Å². The van der Waals surface area contributed by atoms with Crippen LogP contribution in [0.15, 0.2) is 79.0 Å². The topological polar surface area (TPSA) is 79.0 Å². The predicted molar refractivity (Wildman–Crippen MR) is 142 cm³/mol. The molecule has 7 heteroatoms. The van der Waals surface area contributed by atoms with Crippen LogP contribution >= 0.6 is 0 Å². The van der Waals surface area contributed by atoms with E-state index in [4.69, 9.17) is 4.74 Å². The summed E-state index contributed by atoms with van der Waals surface area (Å²) in [5.74, 6) is -0.994. The van der Waals surface area contributed by atoms with Crippen LogP contribution in [0.5, 0.6) is 5.75 Å². The number of rotatable bonds is 6. The van der Waals surface area contributed by atoms with Crippen LogP contribution in [0, 0.1) is 0 Å². The van der Waals surface area contributed by atoms with Crippen molar-refractivity contribution in [2.45, 2.75) is 45.0 Å². The van der Waals surface area contributed by atoms with Crippen LogP contribution in [0.4, 0.5) is 0 Å². The highest BCUT2D eigenvalue weighted by Gasteiger charge is 2.45. The number of nitrogens with zero attached hydrogens (tertiary/aromatic N) is 2. The normalized spacial score (nSPS) is 19.3. The molecule has 3 aliphatic rings. The summed E-state index contributed by atoms with van der Waals surface area (Å²) in [5.41, 5.74) is 6.13. The number of ether oxygens (including phenoxy) is 1. The molecule has 7 nitrogen and oxygen atoms in total. The van der Waals surface area contributed by atoms with Gasteiger partial charge in [-0.05, 0) is 53.6 Å². The van der Waals surface area contributed by atoms with Crippen LogP contribution < -0.4 is 10.1 Å². The lowest BCUT2D eigenvalue weighted by Crippen LogP contribution is -2.51. The Hall–Kier alpha value is -4.23. The molecule has 3 amide bonds. The standard InChI is InChI=1S/C31H29N3O4/c1-20-9-14-26(29(35)32-20)34-30(36)25-7-4-8-27(28(25)31(34)37)38-19-22-12-10-21(11-13-22)17-33-16-15-23-5-2-3-6-24(23)18-33/h2-8,10-13,26H,1,9,14-19H2,(H,32,35). The number of hydrogen-bond donors (Lipinski definition) is 1. The van der Waals surface area contributed by atoms with Gasteiger partial charge in [0, 0.05) is 25.3 Å². The molecule has 0 aliphatic carbocycles. The molecule has 0 saturated carbocycles. The third-order valence-corrected chi connectivity index (χ3v) is 7.58. The average molecular weight is 508 g/mol. The van der Waals surface area contributed by atoms with Gasteiger partial charge in [0.15, 0.2) is 0 Å². The van der Waals surface area contributed by atoms with Gasteiger partial charge in [0.25, 0.3) is 11.8 Å². The van der Waals surface area contributed by atoms with Crippen molar-refractivity contribution in [1.29, 1.82) is 0 Å². The Bertz CT molecular complexity index is 1450. The van der Waals surface area contributed by atoms with E-state index in [0.29, 0.717) is 24.3 Å². The molecule has 1 unspecified atom stereocenters. The second kappa shape index (κ2) is 9.91. The first-order chi connectivity index (χ1) is 18.5. The molecule has 1 fully saturated rings. The monoisotopic (exact) mass is 507 g/mol. The Morgan fingerprint density at radius 2 is 1.63 bits per heavy atom. The van der Waals surface area contributed by atoms with E-state index < -0.39 is 17.9 Å². The number of benzene rings is 3. The van der Waals surface area contributed by atoms with Crippen molar-refractivity contribution >= 4 is 17.7 Å². The number of amides is 3. The highest BCUT2D eigenvalue weighted by atomic mass is 16.5. The molecule has 3 heterocycles. The molecule has 1 atom stereocenters. The molecule has 1 saturated heterocycles. The smallest absolute Gasteiger partial charge is 0.266 e. The maximum atomic E-state index is 13.3. The summed E-state index contributed by atoms with van der Waals surface area (Å²) < 4.78 is 6.04. The van der Waals surface area contributed by atoms with Gasteiger partial charge >= 0.3 is 0 Å². The Labute approximate surface area is 221 Å². The molecule has 0 radical (unpaired) electrons. The Kier molecular flexibility index (Phi) is 6.29. The Balaban J connectivity index is 1.11. The number of piperidine rings is 1. The van der Waals surface area contributed by atoms with Gasteiger partial charge in [0.2, 0.25) is 5.91 Å². The van der Waals surface area contributed by atoms with Gasteiger partial charge in [-0.25, -0.2) is 0 Å². The zero-order chi connectivity index (χ0) is 26.2. The van der Waals surface area contributed by atoms with Crippen molar-refractivity contribution in [3.05, 3.63) is 112 Å². The molecular weight excluding hydrogens is 478 g/mol. The summed E-state index contributed by atoms with van der Waals surface area (Å²) >= 11 is 0. The van der Waals surface area contributed by atoms with Crippen molar-refractivity contribution in [3.63, 3.8) is 0 Å². The van der Waals surface area contributed by atoms with Crippen LogP contribution in [0.25, 0.3) is 0 Å². The molecule has 0 bridgehead atoms. The fraction of sp³-hybridized carbons (Fsp3) is 0.258. The van der Waals surface area contributed by atoms with E-state index in [0.717, 1.165) is 36.5 Å². The van der Waals surface area contributed by atoms with Gasteiger partial charge in [-0.3, -0.25) is 24.2 Å². The van der Waals surface area contributed by atoms with Gasteiger partial charge in [-0.1, -0.05) is 61.2 Å². The molecule has 3 aromatic carbocycles. The first-order valence-electron chi connectivity index (χ1n) is 13.0. The van der Waals surface area contributed by atoms with Crippen molar-refractivity contribution in [2.75, 3.05) is 6.54 Å². The largest absolute Gasteiger partial charge is 0.488 e. The Morgan fingerprint density at radius 3 is 2.42 bits per heavy atom. The third-order valence-electron chi connectivity index (χ3n) is 7.58. The van der Waals surface area contributed by atoms with Gasteiger partial charge < -0.3 is 10.1 Å². The number of nitrogens with one attached hydrogen (secondary N) is 1. The van der Waals surface area contributed by atoms with Crippen LogP contribution in [-0.2, 0) is 30.9 Å². The lowest BCUT2D eigenvalue weighted by atomic mass is 9.99. The van der Waals surface area contributed by atoms with E-state index in [9.17, 15) is 14.4 Å². The lowest BCUT2D eigenvalue weighted by Gasteiger charge is -2.29. The summed E-state index contributed by atoms with van der Waals surface area (Å²) in [4.78, 5) is 42.4. The fourth-order valence-corrected chi connectivity index (χ4v) is 5.53. The first-order valence-corrected chi connectivity index (χ1v) is 13.0. The van der Waals surface area contributed by atoms with Crippen molar-refractivity contribution in [2.24, 2.45) is 0 Å². The van der Waals surface area contributed by atoms with Gasteiger partial charge in [0.05, 0.1) is 11.1 Å². The van der Waals surface area contributed by atoms with E-state index in [-0.39, 0.29) is 23.6 Å². The molecule has 1 N–H and O–H groups in total. The highest BCUT2D eigenvalue weighted by Crippen LogP contribution is 2.34. The van der Waals surface area contributed by atoms with Crippen LogP contribution in [-0.4, -0.2) is 40.1 Å². The second-order valence-electron chi connectivity index (χ2n) is 10.1. The number of carbonyl (C=O) groups is 3. The lowest BCUT2D eigenvalue weighted by molar-refractivity contribution is -0.125. The maximum absolute atomic E-state index is 13.3. The van der Waals surface area contributed by atoms with Crippen molar-refractivity contribution in [3.8, 4) is 5.75 Å². The number of hydrogen-bond acceptors (Lipinski definition) is 5. The summed E-state index contributed by atoms with van der Waals surface area (Å²) in [5, 5.41) is 2.66. The fourth-order valence-electron chi connectivity index (χ4n) is 5.53. The minimum atomic E-state index is -0.846. The van der Waals surface area contributed by atoms with Crippen LogP contribution in [0.2, 0.25) is 0 Å². The molecule has 0 aromatic heterocycles. The van der Waals surface area contributed by atoms with E-state index >= 15 is 0 Å². The molecule has 3 aliphatic heterocycles. The molecule has 38 heavy (non-hydrogen) atoms. The van der Waals surface area contributed by atoms with E-state index in [1.807, 2.05) is 12.1 Å². The molecule has 6 rings (SSSR count). The zero-order valence-corrected chi connectivity index (χ0v) is 21.1. The number of imide groups is 1. The number of allylic oxidation sites excluding steroid dienone is 1. The summed E-state index contributed by atoms with van der Waals surface area (Å²) in [6.45, 7) is 6.92. The zero-order valence-electron chi connectivity index (χ0n) is 21.1. The average Bonchev–Trinajstić information content (AvgIpc) is 3.18. The minimum Gasteiger partial charge on any atom is -0.488 e. The number of carbonyl (C=O) groups excluding carboxylic acids is 3. The van der Waals surface area contributed by atoms with E-state index in [2.05, 4.69) is 53.2 Å². The molecule has 192 valence electrons. The van der Waals surface area contributed by atoms with E-state index in [1.165, 1.54) is 16.7 Å². The van der Waals surface area contributed by atoms with Gasteiger partial charge in [-0.2, -0.15) is 0 Å². The minimum absolute atomic E-state index is 0.219. The van der Waals surface area contributed by atoms with Crippen LogP contribution in [0.1, 0.15) is 55.8 Å². The number of fused-ring (bicyclic) bond motifs is 2. The van der Waals surface area contributed by atoms with E-state index in [1.54, 1.807) is 18.2 Å². The predicted octanol–water partition coefficient (Wildman–Crippen LogP) is 4.21. The molecule has 0 spiro atoms. The maximum Gasteiger partial charge on any atom is 0.266 e. The van der Waals surface area contributed by atoms with Crippen molar-refractivity contribution in [1.82, 2.24) is 15.1 Å². The highest BCUT2D eigenvalue weighted by molar-refractivity contribution is 6.24. The molecular formula is C31H29N3O4. The first kappa shape index (κ1) is 24.1. The molecule has 3 aromatic rings. The van der Waals surface area contributed by atoms with Gasteiger partial charge in [0.1, 0.15) is 18.4 Å². The SMILES string of the molecule is C=C1CCC(N2C(=O)c3cccc(OCc4ccc(CN5CCc6ccccc6C5)cc4)c3C2=O)C(=O)N1. The summed E-state index contributed by atoms with van der Waals surface area (Å²) in [6.07, 6.45) is 1.96. The van der Waals surface area contributed by atoms with Crippen LogP contribution in [0.3, 0.4) is 0 Å². The quantitative estimate of drug-likeness (QED) is 0.506. The van der Waals surface area contributed by atoms with Crippen molar-refractivity contribution < 1.29 is 19.1 Å².